The highest BCUT2D eigenvalue weighted by molar-refractivity contribution is 7.92. The second-order valence-corrected chi connectivity index (χ2v) is 13.2. The summed E-state index contributed by atoms with van der Waals surface area (Å²) in [5, 5.41) is 3.61. The quantitative estimate of drug-likeness (QED) is 0.262. The van der Waals surface area contributed by atoms with E-state index in [9.17, 15) is 18.0 Å². The van der Waals surface area contributed by atoms with E-state index < -0.39 is 28.5 Å². The van der Waals surface area contributed by atoms with Gasteiger partial charge < -0.3 is 15.0 Å². The van der Waals surface area contributed by atoms with Gasteiger partial charge in [0, 0.05) is 17.6 Å². The fourth-order valence-corrected chi connectivity index (χ4v) is 6.85. The molecule has 0 spiro atoms. The van der Waals surface area contributed by atoms with Crippen molar-refractivity contribution in [2.24, 2.45) is 0 Å². The molecule has 4 rings (SSSR count). The lowest BCUT2D eigenvalue weighted by Gasteiger charge is -2.33. The molecule has 0 aromatic heterocycles. The van der Waals surface area contributed by atoms with Crippen LogP contribution < -0.4 is 14.4 Å². The van der Waals surface area contributed by atoms with Crippen molar-refractivity contribution in [3.8, 4) is 5.75 Å². The van der Waals surface area contributed by atoms with E-state index in [1.807, 2.05) is 19.9 Å². The Morgan fingerprint density at radius 3 is 2.30 bits per heavy atom. The highest BCUT2D eigenvalue weighted by Crippen LogP contribution is 2.27. The maximum Gasteiger partial charge on any atom is 0.264 e. The lowest BCUT2D eigenvalue weighted by Crippen LogP contribution is -2.53. The Bertz CT molecular complexity index is 1490. The smallest absolute Gasteiger partial charge is 0.264 e. The third kappa shape index (κ3) is 8.51. The number of aryl methyl sites for hydroxylation is 1. The van der Waals surface area contributed by atoms with E-state index in [1.165, 1.54) is 17.0 Å². The Labute approximate surface area is 260 Å². The number of anilines is 1. The monoisotopic (exact) mass is 625 g/mol. The number of hydrogen-bond donors (Lipinski definition) is 1. The van der Waals surface area contributed by atoms with E-state index in [4.69, 9.17) is 16.3 Å². The standard InChI is InChI=1S/C33H40ClN3O5S/c1-4-42-30-17-15-29(16-18-30)37(43(40,41)31-19-13-24(2)14-20-31)23-32(38)36(22-26-9-8-10-27(34)21-26)25(3)33(39)35-28-11-6-5-7-12-28/h8-10,13-21,25,28H,4-7,11-12,22-23H2,1-3H3,(H,35,39)/t25-/m0/s1. The molecule has 10 heteroatoms. The molecule has 0 bridgehead atoms. The van der Waals surface area contributed by atoms with Crippen LogP contribution in [0.4, 0.5) is 5.69 Å². The van der Waals surface area contributed by atoms with Crippen molar-refractivity contribution in [2.45, 2.75) is 76.4 Å². The van der Waals surface area contributed by atoms with Gasteiger partial charge in [-0.05, 0) is 87.7 Å². The maximum atomic E-state index is 14.1. The van der Waals surface area contributed by atoms with Gasteiger partial charge in [-0.15, -0.1) is 0 Å². The average molecular weight is 626 g/mol. The van der Waals surface area contributed by atoms with Gasteiger partial charge in [0.2, 0.25) is 11.8 Å². The molecule has 0 aliphatic heterocycles. The fraction of sp³-hybridized carbons (Fsp3) is 0.394. The molecule has 3 aromatic rings. The molecule has 43 heavy (non-hydrogen) atoms. The van der Waals surface area contributed by atoms with Crippen molar-refractivity contribution in [2.75, 3.05) is 17.5 Å². The molecule has 0 heterocycles. The molecule has 230 valence electrons. The maximum absolute atomic E-state index is 14.1. The van der Waals surface area contributed by atoms with Crippen molar-refractivity contribution in [3.05, 3.63) is 88.9 Å². The molecule has 1 aliphatic carbocycles. The van der Waals surface area contributed by atoms with Gasteiger partial charge in [-0.3, -0.25) is 13.9 Å². The Morgan fingerprint density at radius 1 is 1.00 bits per heavy atom. The van der Waals surface area contributed by atoms with Gasteiger partial charge in [-0.25, -0.2) is 8.42 Å². The molecule has 1 fully saturated rings. The van der Waals surface area contributed by atoms with Crippen LogP contribution in [0.5, 0.6) is 5.75 Å². The number of sulfonamides is 1. The van der Waals surface area contributed by atoms with Crippen LogP contribution in [0.2, 0.25) is 5.02 Å². The summed E-state index contributed by atoms with van der Waals surface area (Å²) in [7, 11) is -4.15. The summed E-state index contributed by atoms with van der Waals surface area (Å²) in [6.45, 7) is 5.45. The molecule has 0 radical (unpaired) electrons. The van der Waals surface area contributed by atoms with Crippen LogP contribution in [-0.2, 0) is 26.2 Å². The summed E-state index contributed by atoms with van der Waals surface area (Å²) < 4.78 is 34.6. The van der Waals surface area contributed by atoms with Gasteiger partial charge in [0.05, 0.1) is 17.2 Å². The first-order chi connectivity index (χ1) is 20.6. The van der Waals surface area contributed by atoms with Crippen LogP contribution in [0.1, 0.15) is 57.1 Å². The third-order valence-corrected chi connectivity index (χ3v) is 9.71. The topological polar surface area (TPSA) is 96.0 Å². The van der Waals surface area contributed by atoms with Crippen LogP contribution >= 0.6 is 11.6 Å². The minimum absolute atomic E-state index is 0.0595. The molecule has 0 saturated heterocycles. The number of nitrogens with one attached hydrogen (secondary N) is 1. The number of ether oxygens (including phenoxy) is 1. The number of rotatable bonds is 12. The van der Waals surface area contributed by atoms with Crippen molar-refractivity contribution in [3.63, 3.8) is 0 Å². The molecule has 3 aromatic carbocycles. The summed E-state index contributed by atoms with van der Waals surface area (Å²) in [5.74, 6) is -0.201. The molecule has 1 atom stereocenters. The van der Waals surface area contributed by atoms with E-state index in [1.54, 1.807) is 61.5 Å². The SMILES string of the molecule is CCOc1ccc(N(CC(=O)N(Cc2cccc(Cl)c2)[C@@H](C)C(=O)NC2CCCCC2)S(=O)(=O)c2ccc(C)cc2)cc1. The van der Waals surface area contributed by atoms with Gasteiger partial charge in [-0.2, -0.15) is 0 Å². The van der Waals surface area contributed by atoms with Crippen LogP contribution in [0.3, 0.4) is 0 Å². The van der Waals surface area contributed by atoms with E-state index in [2.05, 4.69) is 5.32 Å². The number of nitrogens with zero attached hydrogens (tertiary/aromatic N) is 2. The number of benzene rings is 3. The first kappa shape index (κ1) is 32.4. The minimum Gasteiger partial charge on any atom is -0.494 e. The van der Waals surface area contributed by atoms with E-state index in [-0.39, 0.29) is 23.4 Å². The number of hydrogen-bond acceptors (Lipinski definition) is 5. The Kier molecular flexibility index (Phi) is 11.1. The molecular formula is C33H40ClN3O5S. The number of halogens is 1. The Balaban J connectivity index is 1.68. The predicted octanol–water partition coefficient (Wildman–Crippen LogP) is 6.11. The number of carbonyl (C=O) groups is 2. The van der Waals surface area contributed by atoms with Gasteiger partial charge in [0.1, 0.15) is 18.3 Å². The molecule has 1 saturated carbocycles. The molecule has 8 nitrogen and oxygen atoms in total. The zero-order valence-corrected chi connectivity index (χ0v) is 26.5. The Morgan fingerprint density at radius 2 is 1.67 bits per heavy atom. The molecule has 2 amide bonds. The highest BCUT2D eigenvalue weighted by atomic mass is 35.5. The second-order valence-electron chi connectivity index (χ2n) is 10.9. The first-order valence-electron chi connectivity index (χ1n) is 14.7. The molecular weight excluding hydrogens is 586 g/mol. The van der Waals surface area contributed by atoms with Gasteiger partial charge in [0.15, 0.2) is 0 Å². The fourth-order valence-electron chi connectivity index (χ4n) is 5.22. The van der Waals surface area contributed by atoms with Gasteiger partial charge in [-0.1, -0.05) is 60.7 Å². The zero-order valence-electron chi connectivity index (χ0n) is 25.0. The molecule has 1 aliphatic rings. The van der Waals surface area contributed by atoms with Gasteiger partial charge in [0.25, 0.3) is 10.0 Å². The van der Waals surface area contributed by atoms with Crippen molar-refractivity contribution in [1.82, 2.24) is 10.2 Å². The van der Waals surface area contributed by atoms with Crippen LogP contribution in [-0.4, -0.2) is 50.4 Å². The number of amides is 2. The number of carbonyl (C=O) groups excluding carboxylic acids is 2. The minimum atomic E-state index is -4.15. The summed E-state index contributed by atoms with van der Waals surface area (Å²) >= 11 is 6.24. The van der Waals surface area contributed by atoms with Crippen LogP contribution in [0.15, 0.2) is 77.7 Å². The second kappa shape index (κ2) is 14.8. The molecule has 1 N–H and O–H groups in total. The lowest BCUT2D eigenvalue weighted by atomic mass is 9.95. The lowest BCUT2D eigenvalue weighted by molar-refractivity contribution is -0.139. The summed E-state index contributed by atoms with van der Waals surface area (Å²) in [6.07, 6.45) is 5.07. The van der Waals surface area contributed by atoms with Crippen LogP contribution in [0.25, 0.3) is 0 Å². The average Bonchev–Trinajstić information content (AvgIpc) is 2.99. The third-order valence-electron chi connectivity index (χ3n) is 7.68. The normalized spacial score (nSPS) is 14.5. The summed E-state index contributed by atoms with van der Waals surface area (Å²) in [4.78, 5) is 29.1. The van der Waals surface area contributed by atoms with E-state index >= 15 is 0 Å². The van der Waals surface area contributed by atoms with E-state index in [0.29, 0.717) is 23.1 Å². The van der Waals surface area contributed by atoms with E-state index in [0.717, 1.165) is 47.5 Å². The summed E-state index contributed by atoms with van der Waals surface area (Å²) in [5.41, 5.74) is 1.94. The summed E-state index contributed by atoms with van der Waals surface area (Å²) in [6, 6.07) is 19.4. The van der Waals surface area contributed by atoms with Crippen molar-refractivity contribution in [1.29, 1.82) is 0 Å². The Hall–Kier alpha value is -3.56. The van der Waals surface area contributed by atoms with Crippen molar-refractivity contribution < 1.29 is 22.7 Å². The van der Waals surface area contributed by atoms with Crippen LogP contribution in [0, 0.1) is 6.92 Å². The molecule has 0 unspecified atom stereocenters. The largest absolute Gasteiger partial charge is 0.494 e. The first-order valence-corrected chi connectivity index (χ1v) is 16.6. The van der Waals surface area contributed by atoms with Gasteiger partial charge >= 0.3 is 0 Å². The van der Waals surface area contributed by atoms with Crippen molar-refractivity contribution >= 4 is 39.1 Å². The zero-order chi connectivity index (χ0) is 31.0. The highest BCUT2D eigenvalue weighted by Gasteiger charge is 2.33. The predicted molar refractivity (Wildman–Crippen MR) is 170 cm³/mol.